The highest BCUT2D eigenvalue weighted by atomic mass is 35.5. The molecule has 31 heavy (non-hydrogen) atoms. The van der Waals surface area contributed by atoms with Crippen molar-refractivity contribution in [3.8, 4) is 11.5 Å². The van der Waals surface area contributed by atoms with Crippen LogP contribution < -0.4 is 9.47 Å². The van der Waals surface area contributed by atoms with Crippen molar-refractivity contribution in [3.05, 3.63) is 98.6 Å². The van der Waals surface area contributed by atoms with Crippen LogP contribution in [0.4, 0.5) is 5.69 Å². The van der Waals surface area contributed by atoms with E-state index in [2.05, 4.69) is 0 Å². The molecule has 8 heteroatoms. The minimum atomic E-state index is -0.542. The fourth-order valence-electron chi connectivity index (χ4n) is 4.04. The van der Waals surface area contributed by atoms with Crippen LogP contribution in [0.2, 0.25) is 5.02 Å². The number of nitro groups is 1. The maximum atomic E-state index is 11.1. The van der Waals surface area contributed by atoms with Gasteiger partial charge in [-0.3, -0.25) is 10.1 Å². The van der Waals surface area contributed by atoms with Gasteiger partial charge in [0.15, 0.2) is 11.5 Å². The van der Waals surface area contributed by atoms with Gasteiger partial charge in [-0.1, -0.05) is 35.9 Å². The number of non-ortho nitro benzene ring substituents is 1. The molecule has 0 radical (unpaired) electrons. The molecule has 0 amide bonds. The van der Waals surface area contributed by atoms with Crippen molar-refractivity contribution in [1.29, 1.82) is 0 Å². The summed E-state index contributed by atoms with van der Waals surface area (Å²) in [7, 11) is 1.61. The van der Waals surface area contributed by atoms with E-state index in [1.807, 2.05) is 47.5 Å². The summed E-state index contributed by atoms with van der Waals surface area (Å²) in [5.41, 5.74) is 3.71. The van der Waals surface area contributed by atoms with Gasteiger partial charge in [-0.2, -0.15) is 5.10 Å². The zero-order chi connectivity index (χ0) is 21.5. The van der Waals surface area contributed by atoms with Gasteiger partial charge in [0.2, 0.25) is 6.23 Å². The van der Waals surface area contributed by atoms with E-state index in [9.17, 15) is 10.1 Å². The Hall–Kier alpha value is -3.58. The second kappa shape index (κ2) is 7.59. The lowest BCUT2D eigenvalue weighted by atomic mass is 9.95. The third-order valence-corrected chi connectivity index (χ3v) is 5.82. The standard InChI is InChI=1S/C23H18ClN3O4/c1-30-21-4-2-3-18-20-13-19(14-5-9-16(24)10-6-14)25-26(20)23(31-22(18)21)15-7-11-17(12-8-15)27(28)29/h2-12,20,23H,13H2,1H3/t20-,23-/m1/s1. The molecule has 2 heterocycles. The van der Waals surface area contributed by atoms with Crippen LogP contribution in [0, 0.1) is 10.1 Å². The highest BCUT2D eigenvalue weighted by molar-refractivity contribution is 6.30. The molecule has 3 aromatic rings. The van der Waals surface area contributed by atoms with Gasteiger partial charge in [-0.15, -0.1) is 0 Å². The van der Waals surface area contributed by atoms with Gasteiger partial charge in [-0.05, 0) is 35.9 Å². The van der Waals surface area contributed by atoms with E-state index in [0.717, 1.165) is 22.4 Å². The Morgan fingerprint density at radius 3 is 2.55 bits per heavy atom. The fraction of sp³-hybridized carbons (Fsp3) is 0.174. The van der Waals surface area contributed by atoms with Crippen molar-refractivity contribution in [2.45, 2.75) is 18.7 Å². The number of rotatable bonds is 4. The number of methoxy groups -OCH3 is 1. The molecule has 0 saturated carbocycles. The Morgan fingerprint density at radius 2 is 1.87 bits per heavy atom. The summed E-state index contributed by atoms with van der Waals surface area (Å²) in [6.45, 7) is 0. The molecule has 0 aliphatic carbocycles. The number of halogens is 1. The van der Waals surface area contributed by atoms with Gasteiger partial charge in [0.1, 0.15) is 0 Å². The van der Waals surface area contributed by atoms with Crippen molar-refractivity contribution in [1.82, 2.24) is 5.01 Å². The van der Waals surface area contributed by atoms with Crippen LogP contribution in [0.1, 0.15) is 35.4 Å². The van der Waals surface area contributed by atoms with Crippen LogP contribution in [0.3, 0.4) is 0 Å². The van der Waals surface area contributed by atoms with Crippen LogP contribution in [0.25, 0.3) is 0 Å². The van der Waals surface area contributed by atoms with E-state index in [0.29, 0.717) is 22.9 Å². The SMILES string of the molecule is COc1cccc2c1O[C@H](c1ccc([N+](=O)[O-])cc1)N1N=C(c3ccc(Cl)cc3)C[C@H]21. The minimum Gasteiger partial charge on any atom is -0.493 e. The predicted octanol–water partition coefficient (Wildman–Crippen LogP) is 5.50. The van der Waals surface area contributed by atoms with Crippen molar-refractivity contribution >= 4 is 23.0 Å². The number of fused-ring (bicyclic) bond motifs is 3. The second-order valence-corrected chi connectivity index (χ2v) is 7.79. The average molecular weight is 436 g/mol. The quantitative estimate of drug-likeness (QED) is 0.399. The summed E-state index contributed by atoms with van der Waals surface area (Å²) in [6.07, 6.45) is 0.147. The number of hydrazone groups is 1. The second-order valence-electron chi connectivity index (χ2n) is 7.35. The van der Waals surface area contributed by atoms with Gasteiger partial charge in [0, 0.05) is 34.7 Å². The molecule has 0 unspecified atom stereocenters. The first kappa shape index (κ1) is 19.4. The summed E-state index contributed by atoms with van der Waals surface area (Å²) in [6, 6.07) is 19.7. The van der Waals surface area contributed by atoms with Crippen molar-refractivity contribution in [2.24, 2.45) is 5.10 Å². The Kier molecular flexibility index (Phi) is 4.75. The maximum Gasteiger partial charge on any atom is 0.269 e. The molecule has 0 fully saturated rings. The monoisotopic (exact) mass is 435 g/mol. The number of hydrogen-bond acceptors (Lipinski definition) is 6. The number of nitro benzene ring substituents is 1. The lowest BCUT2D eigenvalue weighted by Gasteiger charge is -2.38. The Bertz CT molecular complexity index is 1180. The van der Waals surface area contributed by atoms with Crippen LogP contribution >= 0.6 is 11.6 Å². The van der Waals surface area contributed by atoms with E-state index in [1.165, 1.54) is 12.1 Å². The molecule has 156 valence electrons. The van der Waals surface area contributed by atoms with Crippen LogP contribution in [-0.4, -0.2) is 22.8 Å². The van der Waals surface area contributed by atoms with Gasteiger partial charge in [0.25, 0.3) is 5.69 Å². The van der Waals surface area contributed by atoms with E-state index in [1.54, 1.807) is 19.2 Å². The van der Waals surface area contributed by atoms with Crippen molar-refractivity contribution < 1.29 is 14.4 Å². The highest BCUT2D eigenvalue weighted by Gasteiger charge is 2.42. The molecule has 0 N–H and O–H groups in total. The van der Waals surface area contributed by atoms with Crippen LogP contribution in [0.15, 0.2) is 71.8 Å². The fourth-order valence-corrected chi connectivity index (χ4v) is 4.17. The van der Waals surface area contributed by atoms with Crippen LogP contribution in [0.5, 0.6) is 11.5 Å². The first-order valence-electron chi connectivity index (χ1n) is 9.75. The Morgan fingerprint density at radius 1 is 1.13 bits per heavy atom. The highest BCUT2D eigenvalue weighted by Crippen LogP contribution is 2.50. The lowest BCUT2D eigenvalue weighted by Crippen LogP contribution is -2.33. The zero-order valence-electron chi connectivity index (χ0n) is 16.6. The molecule has 5 rings (SSSR count). The maximum absolute atomic E-state index is 11.1. The molecule has 0 aromatic heterocycles. The molecule has 3 aromatic carbocycles. The first-order chi connectivity index (χ1) is 15.0. The molecule has 0 bridgehead atoms. The molecule has 2 aliphatic heterocycles. The molecular weight excluding hydrogens is 418 g/mol. The van der Waals surface area contributed by atoms with Gasteiger partial charge >= 0.3 is 0 Å². The average Bonchev–Trinajstić information content (AvgIpc) is 3.24. The first-order valence-corrected chi connectivity index (χ1v) is 10.1. The molecular formula is C23H18ClN3O4. The summed E-state index contributed by atoms with van der Waals surface area (Å²) in [5.74, 6) is 1.31. The van der Waals surface area contributed by atoms with E-state index >= 15 is 0 Å². The molecule has 2 atom stereocenters. The normalized spacial score (nSPS) is 19.2. The minimum absolute atomic E-state index is 0.0286. The summed E-state index contributed by atoms with van der Waals surface area (Å²) in [4.78, 5) is 10.6. The largest absolute Gasteiger partial charge is 0.493 e. The van der Waals surface area contributed by atoms with Crippen molar-refractivity contribution in [2.75, 3.05) is 7.11 Å². The number of ether oxygens (including phenoxy) is 2. The Balaban J connectivity index is 1.59. The molecule has 2 aliphatic rings. The van der Waals surface area contributed by atoms with Gasteiger partial charge < -0.3 is 9.47 Å². The number of nitrogens with zero attached hydrogens (tertiary/aromatic N) is 3. The topological polar surface area (TPSA) is 77.2 Å². The molecule has 0 spiro atoms. The lowest BCUT2D eigenvalue weighted by molar-refractivity contribution is -0.384. The summed E-state index contributed by atoms with van der Waals surface area (Å²) in [5, 5.41) is 18.5. The number of benzene rings is 3. The van der Waals surface area contributed by atoms with E-state index < -0.39 is 11.2 Å². The van der Waals surface area contributed by atoms with E-state index in [4.69, 9.17) is 26.2 Å². The third kappa shape index (κ3) is 3.37. The molecule has 7 nitrogen and oxygen atoms in total. The van der Waals surface area contributed by atoms with E-state index in [-0.39, 0.29) is 11.7 Å². The summed E-state index contributed by atoms with van der Waals surface area (Å²) >= 11 is 6.05. The smallest absolute Gasteiger partial charge is 0.269 e. The third-order valence-electron chi connectivity index (χ3n) is 5.57. The van der Waals surface area contributed by atoms with Crippen molar-refractivity contribution in [3.63, 3.8) is 0 Å². The Labute approximate surface area is 183 Å². The summed E-state index contributed by atoms with van der Waals surface area (Å²) < 4.78 is 11.9. The zero-order valence-corrected chi connectivity index (χ0v) is 17.3. The van der Waals surface area contributed by atoms with Gasteiger partial charge in [0.05, 0.1) is 23.8 Å². The number of hydrogen-bond donors (Lipinski definition) is 0. The van der Waals surface area contributed by atoms with Gasteiger partial charge in [-0.25, -0.2) is 5.01 Å². The number of para-hydroxylation sites is 1. The molecule has 0 saturated heterocycles. The van der Waals surface area contributed by atoms with Crippen LogP contribution in [-0.2, 0) is 0 Å². The predicted molar refractivity (Wildman–Crippen MR) is 117 cm³/mol.